The first-order valence-electron chi connectivity index (χ1n) is 13.5. The molecule has 0 amide bonds. The molecule has 6 aromatic rings. The lowest BCUT2D eigenvalue weighted by Gasteiger charge is -2.35. The molecule has 1 aliphatic rings. The Morgan fingerprint density at radius 3 is 2.39 bits per heavy atom. The number of hydrogen-bond acceptors (Lipinski definition) is 4. The van der Waals surface area contributed by atoms with Crippen LogP contribution >= 0.6 is 23.2 Å². The summed E-state index contributed by atoms with van der Waals surface area (Å²) in [5.74, 6) is 0.533. The minimum atomic E-state index is -0.941. The molecular formula is C32H26Cl2N6O. The molecule has 0 N–H and O–H groups in total. The summed E-state index contributed by atoms with van der Waals surface area (Å²) in [7, 11) is 1.97. The maximum absolute atomic E-state index is 13.5. The van der Waals surface area contributed by atoms with Crippen LogP contribution < -0.4 is 5.56 Å². The Morgan fingerprint density at radius 1 is 0.902 bits per heavy atom. The Kier molecular flexibility index (Phi) is 6.29. The number of nitrogens with zero attached hydrogens (tertiary/aromatic N) is 6. The normalized spacial score (nSPS) is 14.8. The van der Waals surface area contributed by atoms with Crippen molar-refractivity contribution < 1.29 is 0 Å². The molecule has 41 heavy (non-hydrogen) atoms. The molecular weight excluding hydrogens is 555 g/mol. The van der Waals surface area contributed by atoms with Gasteiger partial charge in [0.05, 0.1) is 23.7 Å². The Balaban J connectivity index is 1.59. The molecule has 0 aliphatic heterocycles. The fraction of sp³-hybridized carbons (Fsp3) is 0.188. The molecule has 0 bridgehead atoms. The van der Waals surface area contributed by atoms with Gasteiger partial charge in [0.25, 0.3) is 5.56 Å². The highest BCUT2D eigenvalue weighted by molar-refractivity contribution is 6.31. The molecule has 3 aromatic heterocycles. The third-order valence-electron chi connectivity index (χ3n) is 8.01. The number of rotatable bonds is 7. The topological polar surface area (TPSA) is 70.5 Å². The minimum absolute atomic E-state index is 0.0148. The van der Waals surface area contributed by atoms with Crippen molar-refractivity contribution in [3.8, 4) is 11.1 Å². The Bertz CT molecular complexity index is 1940. The van der Waals surface area contributed by atoms with Crippen molar-refractivity contribution in [2.75, 3.05) is 0 Å². The third kappa shape index (κ3) is 4.36. The summed E-state index contributed by atoms with van der Waals surface area (Å²) in [4.78, 5) is 22.3. The summed E-state index contributed by atoms with van der Waals surface area (Å²) in [5, 5.41) is 6.87. The molecule has 0 radical (unpaired) electrons. The third-order valence-corrected chi connectivity index (χ3v) is 8.50. The Morgan fingerprint density at radius 2 is 1.71 bits per heavy atom. The van der Waals surface area contributed by atoms with Gasteiger partial charge in [-0.1, -0.05) is 53.5 Å². The number of imidazole rings is 1. The molecule has 9 heteroatoms. The van der Waals surface area contributed by atoms with Crippen LogP contribution in [0.5, 0.6) is 0 Å². The number of hydrogen-bond donors (Lipinski definition) is 0. The van der Waals surface area contributed by atoms with E-state index in [0.717, 1.165) is 51.7 Å². The molecule has 3 heterocycles. The van der Waals surface area contributed by atoms with E-state index < -0.39 is 5.54 Å². The lowest BCUT2D eigenvalue weighted by molar-refractivity contribution is 0.435. The molecule has 7 rings (SSSR count). The van der Waals surface area contributed by atoms with Crippen LogP contribution in [0.4, 0.5) is 0 Å². The SMILES string of the molecule is Cn1cncc1C(c1ccc(Cl)cc1)(c1ccc2c(c1)c(-c1cccc(Cl)c1)cc(=O)n2CC1CC1)n1cncn1. The van der Waals surface area contributed by atoms with Gasteiger partial charge < -0.3 is 9.13 Å². The van der Waals surface area contributed by atoms with E-state index in [1.807, 2.05) is 75.6 Å². The van der Waals surface area contributed by atoms with E-state index >= 15 is 0 Å². The first kappa shape index (κ1) is 25.7. The van der Waals surface area contributed by atoms with Gasteiger partial charge in [0, 0.05) is 35.1 Å². The largest absolute Gasteiger partial charge is 0.335 e. The second-order valence-corrected chi connectivity index (χ2v) is 11.5. The zero-order chi connectivity index (χ0) is 28.1. The summed E-state index contributed by atoms with van der Waals surface area (Å²) >= 11 is 12.8. The molecule has 1 fully saturated rings. The van der Waals surface area contributed by atoms with Crippen LogP contribution in [0.2, 0.25) is 10.0 Å². The van der Waals surface area contributed by atoms with Crippen LogP contribution in [0.15, 0.2) is 103 Å². The monoisotopic (exact) mass is 580 g/mol. The van der Waals surface area contributed by atoms with Gasteiger partial charge >= 0.3 is 0 Å². The van der Waals surface area contributed by atoms with Crippen molar-refractivity contribution >= 4 is 34.1 Å². The average molecular weight is 582 g/mol. The van der Waals surface area contributed by atoms with Gasteiger partial charge in [-0.3, -0.25) is 4.79 Å². The van der Waals surface area contributed by atoms with E-state index in [1.54, 1.807) is 18.7 Å². The fourth-order valence-electron chi connectivity index (χ4n) is 5.87. The van der Waals surface area contributed by atoms with Crippen molar-refractivity contribution in [3.63, 3.8) is 0 Å². The predicted octanol–water partition coefficient (Wildman–Crippen LogP) is 6.55. The molecule has 1 aliphatic carbocycles. The lowest BCUT2D eigenvalue weighted by Crippen LogP contribution is -2.40. The van der Waals surface area contributed by atoms with Crippen LogP contribution in [-0.4, -0.2) is 28.9 Å². The zero-order valence-electron chi connectivity index (χ0n) is 22.3. The summed E-state index contributed by atoms with van der Waals surface area (Å²) < 4.78 is 5.76. The number of pyridine rings is 1. The fourth-order valence-corrected chi connectivity index (χ4v) is 6.19. The van der Waals surface area contributed by atoms with Crippen molar-refractivity contribution in [1.29, 1.82) is 0 Å². The van der Waals surface area contributed by atoms with Gasteiger partial charge in [-0.25, -0.2) is 14.6 Å². The molecule has 204 valence electrons. The number of fused-ring (bicyclic) bond motifs is 1. The minimum Gasteiger partial charge on any atom is -0.335 e. The summed E-state index contributed by atoms with van der Waals surface area (Å²) in [6.45, 7) is 0.706. The smallest absolute Gasteiger partial charge is 0.251 e. The van der Waals surface area contributed by atoms with Gasteiger partial charge in [-0.2, -0.15) is 5.10 Å². The van der Waals surface area contributed by atoms with Crippen molar-refractivity contribution in [2.24, 2.45) is 13.0 Å². The number of benzene rings is 3. The molecule has 3 aromatic carbocycles. The van der Waals surface area contributed by atoms with Crippen LogP contribution in [0, 0.1) is 5.92 Å². The molecule has 1 unspecified atom stereocenters. The van der Waals surface area contributed by atoms with Gasteiger partial charge in [-0.05, 0) is 77.4 Å². The zero-order valence-corrected chi connectivity index (χ0v) is 23.8. The molecule has 1 saturated carbocycles. The van der Waals surface area contributed by atoms with E-state index in [4.69, 9.17) is 23.2 Å². The number of halogens is 2. The van der Waals surface area contributed by atoms with Gasteiger partial charge in [0.15, 0.2) is 5.54 Å². The summed E-state index contributed by atoms with van der Waals surface area (Å²) in [5.41, 5.74) is 4.40. The Labute approximate surface area is 246 Å². The number of aryl methyl sites for hydroxylation is 1. The summed E-state index contributed by atoms with van der Waals surface area (Å²) in [6.07, 6.45) is 9.18. The quantitative estimate of drug-likeness (QED) is 0.214. The van der Waals surface area contributed by atoms with Crippen molar-refractivity contribution in [3.05, 3.63) is 135 Å². The maximum Gasteiger partial charge on any atom is 0.251 e. The first-order valence-corrected chi connectivity index (χ1v) is 14.2. The highest BCUT2D eigenvalue weighted by Crippen LogP contribution is 2.42. The molecule has 0 spiro atoms. The van der Waals surface area contributed by atoms with Gasteiger partial charge in [0.2, 0.25) is 0 Å². The summed E-state index contributed by atoms with van der Waals surface area (Å²) in [6, 6.07) is 23.5. The van der Waals surface area contributed by atoms with Crippen LogP contribution in [0.3, 0.4) is 0 Å². The molecule has 7 nitrogen and oxygen atoms in total. The second kappa shape index (κ2) is 10.0. The van der Waals surface area contributed by atoms with Crippen molar-refractivity contribution in [2.45, 2.75) is 24.9 Å². The van der Waals surface area contributed by atoms with Crippen LogP contribution in [0.1, 0.15) is 29.7 Å². The first-order chi connectivity index (χ1) is 19.9. The second-order valence-electron chi connectivity index (χ2n) is 10.6. The molecule has 1 atom stereocenters. The average Bonchev–Trinajstić information content (AvgIpc) is 3.42. The standard InChI is InChI=1S/C32H26Cl2N6O/c1-38-19-35-16-30(38)32(40-20-36-18-37-40,23-7-10-25(33)11-8-23)24-9-12-29-28(14-24)27(22-3-2-4-26(34)13-22)15-31(41)39(29)17-21-5-6-21/h2-4,7-16,18-21H,5-6,17H2,1H3. The van der Waals surface area contributed by atoms with Crippen LogP contribution in [0.25, 0.3) is 22.0 Å². The highest BCUT2D eigenvalue weighted by Gasteiger charge is 2.42. The van der Waals surface area contributed by atoms with E-state index in [-0.39, 0.29) is 5.56 Å². The van der Waals surface area contributed by atoms with Crippen LogP contribution in [-0.2, 0) is 19.1 Å². The highest BCUT2D eigenvalue weighted by atomic mass is 35.5. The number of aromatic nitrogens is 6. The van der Waals surface area contributed by atoms with Gasteiger partial charge in [0.1, 0.15) is 12.7 Å². The Hall–Kier alpha value is -4.20. The molecule has 0 saturated heterocycles. The van der Waals surface area contributed by atoms with E-state index in [1.165, 1.54) is 6.33 Å². The lowest BCUT2D eigenvalue weighted by atomic mass is 9.79. The van der Waals surface area contributed by atoms with E-state index in [9.17, 15) is 4.79 Å². The predicted molar refractivity (Wildman–Crippen MR) is 161 cm³/mol. The van der Waals surface area contributed by atoms with Gasteiger partial charge in [-0.15, -0.1) is 0 Å². The van der Waals surface area contributed by atoms with Crippen molar-refractivity contribution in [1.82, 2.24) is 28.9 Å². The van der Waals surface area contributed by atoms with E-state index in [0.29, 0.717) is 22.5 Å². The van der Waals surface area contributed by atoms with E-state index in [2.05, 4.69) is 33.3 Å². The maximum atomic E-state index is 13.5.